The standard InChI is InChI=1S/C12H19F3N2/c1-5-11(3,4)17-8-6-16(7-9-17)10(2)12(13,14)15/h1,10H,6-9H2,2-4H3. The van der Waals surface area contributed by atoms with E-state index in [1.54, 1.807) is 0 Å². The zero-order valence-electron chi connectivity index (χ0n) is 10.5. The van der Waals surface area contributed by atoms with Gasteiger partial charge in [0.05, 0.1) is 5.54 Å². The van der Waals surface area contributed by atoms with Crippen molar-refractivity contribution >= 4 is 0 Å². The molecule has 0 spiro atoms. The Bertz CT molecular complexity index is 296. The summed E-state index contributed by atoms with van der Waals surface area (Å²) in [4.78, 5) is 3.51. The maximum Gasteiger partial charge on any atom is 0.403 e. The second-order valence-electron chi connectivity index (χ2n) is 4.94. The van der Waals surface area contributed by atoms with Gasteiger partial charge in [-0.2, -0.15) is 13.2 Å². The normalized spacial score (nSPS) is 22.2. The first-order chi connectivity index (χ1) is 7.68. The van der Waals surface area contributed by atoms with Crippen molar-refractivity contribution in [3.63, 3.8) is 0 Å². The van der Waals surface area contributed by atoms with E-state index in [-0.39, 0.29) is 5.54 Å². The Morgan fingerprint density at radius 3 is 1.94 bits per heavy atom. The molecule has 98 valence electrons. The van der Waals surface area contributed by atoms with Crippen molar-refractivity contribution in [2.24, 2.45) is 0 Å². The SMILES string of the molecule is C#CC(C)(C)N1CCN(C(C)C(F)(F)F)CC1. The molecular formula is C12H19F3N2. The van der Waals surface area contributed by atoms with Crippen LogP contribution in [0.1, 0.15) is 20.8 Å². The molecule has 1 atom stereocenters. The number of terminal acetylenes is 1. The Morgan fingerprint density at radius 1 is 1.12 bits per heavy atom. The first-order valence-electron chi connectivity index (χ1n) is 5.72. The van der Waals surface area contributed by atoms with E-state index in [4.69, 9.17) is 6.42 Å². The lowest BCUT2D eigenvalue weighted by molar-refractivity contribution is -0.183. The van der Waals surface area contributed by atoms with Crippen LogP contribution < -0.4 is 0 Å². The van der Waals surface area contributed by atoms with Crippen molar-refractivity contribution < 1.29 is 13.2 Å². The highest BCUT2D eigenvalue weighted by molar-refractivity contribution is 5.09. The van der Waals surface area contributed by atoms with Crippen LogP contribution in [0.2, 0.25) is 0 Å². The van der Waals surface area contributed by atoms with Crippen LogP contribution in [0.5, 0.6) is 0 Å². The van der Waals surface area contributed by atoms with E-state index in [9.17, 15) is 13.2 Å². The second-order valence-corrected chi connectivity index (χ2v) is 4.94. The lowest BCUT2D eigenvalue weighted by atomic mass is 10.0. The van der Waals surface area contributed by atoms with Gasteiger partial charge in [-0.05, 0) is 20.8 Å². The van der Waals surface area contributed by atoms with Gasteiger partial charge in [0.25, 0.3) is 0 Å². The van der Waals surface area contributed by atoms with Gasteiger partial charge in [-0.3, -0.25) is 9.80 Å². The molecule has 5 heteroatoms. The summed E-state index contributed by atoms with van der Waals surface area (Å²) in [5.41, 5.74) is -0.381. The van der Waals surface area contributed by atoms with Crippen LogP contribution in [0, 0.1) is 12.3 Å². The highest BCUT2D eigenvalue weighted by atomic mass is 19.4. The zero-order chi connectivity index (χ0) is 13.3. The minimum absolute atomic E-state index is 0.381. The number of nitrogens with zero attached hydrogens (tertiary/aromatic N) is 2. The maximum absolute atomic E-state index is 12.5. The van der Waals surface area contributed by atoms with E-state index in [0.29, 0.717) is 26.2 Å². The molecule has 0 N–H and O–H groups in total. The van der Waals surface area contributed by atoms with Gasteiger partial charge in [-0.25, -0.2) is 0 Å². The summed E-state index contributed by atoms with van der Waals surface area (Å²) in [6.45, 7) is 7.01. The molecule has 1 rings (SSSR count). The van der Waals surface area contributed by atoms with E-state index in [2.05, 4.69) is 5.92 Å². The summed E-state index contributed by atoms with van der Waals surface area (Å²) in [6, 6.07) is -1.38. The average Bonchev–Trinajstić information content (AvgIpc) is 2.27. The third kappa shape index (κ3) is 3.36. The van der Waals surface area contributed by atoms with Gasteiger partial charge in [0.15, 0.2) is 0 Å². The number of rotatable bonds is 2. The lowest BCUT2D eigenvalue weighted by Gasteiger charge is -2.43. The summed E-state index contributed by atoms with van der Waals surface area (Å²) in [5, 5.41) is 0. The third-order valence-electron chi connectivity index (χ3n) is 3.48. The zero-order valence-corrected chi connectivity index (χ0v) is 10.5. The fourth-order valence-corrected chi connectivity index (χ4v) is 1.97. The van der Waals surface area contributed by atoms with Crippen LogP contribution in [0.15, 0.2) is 0 Å². The fraction of sp³-hybridized carbons (Fsp3) is 0.833. The molecule has 0 aromatic carbocycles. The van der Waals surface area contributed by atoms with E-state index < -0.39 is 12.2 Å². The number of piperazine rings is 1. The summed E-state index contributed by atoms with van der Waals surface area (Å²) in [5.74, 6) is 2.67. The Hall–Kier alpha value is -0.730. The Kier molecular flexibility index (Phi) is 4.11. The molecule has 2 nitrogen and oxygen atoms in total. The van der Waals surface area contributed by atoms with Gasteiger partial charge in [-0.1, -0.05) is 5.92 Å². The quantitative estimate of drug-likeness (QED) is 0.689. The van der Waals surface area contributed by atoms with Gasteiger partial charge >= 0.3 is 6.18 Å². The predicted octanol–water partition coefficient (Wildman–Crippen LogP) is 1.97. The Balaban J connectivity index is 2.55. The van der Waals surface area contributed by atoms with Crippen molar-refractivity contribution in [1.82, 2.24) is 9.80 Å². The highest BCUT2D eigenvalue weighted by Crippen LogP contribution is 2.26. The molecule has 1 aliphatic rings. The monoisotopic (exact) mass is 248 g/mol. The molecule has 0 bridgehead atoms. The first-order valence-corrected chi connectivity index (χ1v) is 5.72. The van der Waals surface area contributed by atoms with Crippen molar-refractivity contribution in [3.05, 3.63) is 0 Å². The highest BCUT2D eigenvalue weighted by Gasteiger charge is 2.41. The Labute approximate surface area is 101 Å². The molecular weight excluding hydrogens is 229 g/mol. The molecule has 0 aromatic heterocycles. The lowest BCUT2D eigenvalue weighted by Crippen LogP contribution is -2.57. The second kappa shape index (κ2) is 4.87. The predicted molar refractivity (Wildman–Crippen MR) is 61.6 cm³/mol. The van der Waals surface area contributed by atoms with Gasteiger partial charge in [0.1, 0.15) is 6.04 Å². The molecule has 0 aromatic rings. The smallest absolute Gasteiger partial charge is 0.290 e. The number of alkyl halides is 3. The molecule has 0 radical (unpaired) electrons. The van der Waals surface area contributed by atoms with Crippen LogP contribution >= 0.6 is 0 Å². The van der Waals surface area contributed by atoms with Crippen molar-refractivity contribution in [2.75, 3.05) is 26.2 Å². The molecule has 17 heavy (non-hydrogen) atoms. The summed E-state index contributed by atoms with van der Waals surface area (Å²) < 4.78 is 37.6. The molecule has 1 fully saturated rings. The molecule has 1 saturated heterocycles. The fourth-order valence-electron chi connectivity index (χ4n) is 1.97. The van der Waals surface area contributed by atoms with Crippen molar-refractivity contribution in [3.8, 4) is 12.3 Å². The van der Waals surface area contributed by atoms with Crippen LogP contribution in [-0.2, 0) is 0 Å². The number of hydrogen-bond donors (Lipinski definition) is 0. The van der Waals surface area contributed by atoms with E-state index in [1.165, 1.54) is 11.8 Å². The van der Waals surface area contributed by atoms with E-state index in [0.717, 1.165) is 0 Å². The third-order valence-corrected chi connectivity index (χ3v) is 3.48. The summed E-state index contributed by atoms with van der Waals surface area (Å²) >= 11 is 0. The molecule has 1 aliphatic heterocycles. The van der Waals surface area contributed by atoms with Crippen LogP contribution in [-0.4, -0.2) is 53.7 Å². The molecule has 0 saturated carbocycles. The van der Waals surface area contributed by atoms with Crippen LogP contribution in [0.4, 0.5) is 13.2 Å². The van der Waals surface area contributed by atoms with Crippen LogP contribution in [0.3, 0.4) is 0 Å². The van der Waals surface area contributed by atoms with E-state index >= 15 is 0 Å². The number of halogens is 3. The molecule has 0 aliphatic carbocycles. The Morgan fingerprint density at radius 2 is 1.59 bits per heavy atom. The molecule has 1 unspecified atom stereocenters. The maximum atomic E-state index is 12.5. The average molecular weight is 248 g/mol. The van der Waals surface area contributed by atoms with Gasteiger partial charge in [-0.15, -0.1) is 6.42 Å². The van der Waals surface area contributed by atoms with Gasteiger partial charge in [0, 0.05) is 26.2 Å². The van der Waals surface area contributed by atoms with Gasteiger partial charge in [0.2, 0.25) is 0 Å². The summed E-state index contributed by atoms with van der Waals surface area (Å²) in [6.07, 6.45) is 1.27. The van der Waals surface area contributed by atoms with Crippen LogP contribution in [0.25, 0.3) is 0 Å². The molecule has 0 amide bonds. The topological polar surface area (TPSA) is 6.48 Å². The summed E-state index contributed by atoms with van der Waals surface area (Å²) in [7, 11) is 0. The largest absolute Gasteiger partial charge is 0.403 e. The van der Waals surface area contributed by atoms with Crippen molar-refractivity contribution in [2.45, 2.75) is 38.5 Å². The number of hydrogen-bond acceptors (Lipinski definition) is 2. The first kappa shape index (κ1) is 14.3. The van der Waals surface area contributed by atoms with Gasteiger partial charge < -0.3 is 0 Å². The van der Waals surface area contributed by atoms with E-state index in [1.807, 2.05) is 18.7 Å². The molecule has 1 heterocycles. The van der Waals surface area contributed by atoms with Crippen molar-refractivity contribution in [1.29, 1.82) is 0 Å². The minimum Gasteiger partial charge on any atom is -0.290 e. The minimum atomic E-state index is -4.15.